The molecule has 0 aromatic rings. The van der Waals surface area contributed by atoms with E-state index < -0.39 is 68.0 Å². The second-order valence-corrected chi connectivity index (χ2v) is 11.4. The normalized spacial score (nSPS) is 13.1. The first kappa shape index (κ1) is 32.0. The molecule has 0 heterocycles. The minimum atomic E-state index is -4.20. The highest BCUT2D eigenvalue weighted by atomic mass is 31.2. The summed E-state index contributed by atoms with van der Waals surface area (Å²) in [6.45, 7) is 7.86. The van der Waals surface area contributed by atoms with Crippen molar-refractivity contribution in [3.05, 3.63) is 0 Å². The maximum atomic E-state index is 13.4. The van der Waals surface area contributed by atoms with Gasteiger partial charge in [0.15, 0.2) is 6.79 Å². The Hall–Kier alpha value is -2.01. The Kier molecular flexibility index (Phi) is 13.6. The van der Waals surface area contributed by atoms with E-state index in [-0.39, 0.29) is 19.6 Å². The number of carbonyl (C=O) groups is 4. The van der Waals surface area contributed by atoms with Gasteiger partial charge in [-0.2, -0.15) is 0 Å². The highest BCUT2D eigenvalue weighted by molar-refractivity contribution is 7.53. The predicted octanol–water partition coefficient (Wildman–Crippen LogP) is 3.02. The fourth-order valence-corrected chi connectivity index (χ4v) is 3.66. The number of hydrogen-bond acceptors (Lipinski definition) is 12. The summed E-state index contributed by atoms with van der Waals surface area (Å²) >= 11 is 0. The van der Waals surface area contributed by atoms with Crippen molar-refractivity contribution in [1.29, 1.82) is 0 Å². The van der Waals surface area contributed by atoms with Crippen molar-refractivity contribution < 1.29 is 56.5 Å². The van der Waals surface area contributed by atoms with Crippen LogP contribution in [0.15, 0.2) is 0 Å². The molecule has 13 heteroatoms. The van der Waals surface area contributed by atoms with Gasteiger partial charge < -0.3 is 23.7 Å². The fraction of sp³-hybridized carbons (Fsp3) is 0.810. The third kappa shape index (κ3) is 13.0. The molecule has 12 nitrogen and oxygen atoms in total. The van der Waals surface area contributed by atoms with E-state index in [1.54, 1.807) is 41.5 Å². The monoisotopic (exact) mass is 512 g/mol. The van der Waals surface area contributed by atoms with E-state index in [1.165, 1.54) is 14.2 Å². The molecule has 0 aromatic heterocycles. The minimum absolute atomic E-state index is 0.102. The summed E-state index contributed by atoms with van der Waals surface area (Å²) in [6.07, 6.45) is -0.830. The average molecular weight is 512 g/mol. The Bertz CT molecular complexity index is 699. The lowest BCUT2D eigenvalue weighted by Gasteiger charge is -2.24. The zero-order chi connectivity index (χ0) is 26.6. The van der Waals surface area contributed by atoms with Gasteiger partial charge in [-0.05, 0) is 48.0 Å². The molecule has 0 saturated heterocycles. The summed E-state index contributed by atoms with van der Waals surface area (Å²) in [6, 6.07) is 0. The molecule has 0 bridgehead atoms. The molecule has 0 rings (SSSR count). The Balaban J connectivity index is 5.52. The van der Waals surface area contributed by atoms with E-state index in [0.29, 0.717) is 0 Å². The molecule has 0 aromatic carbocycles. The summed E-state index contributed by atoms with van der Waals surface area (Å²) in [4.78, 5) is 48.0. The van der Waals surface area contributed by atoms with Gasteiger partial charge >= 0.3 is 31.5 Å². The molecule has 0 aliphatic heterocycles. The van der Waals surface area contributed by atoms with Crippen LogP contribution in [0.3, 0.4) is 0 Å². The molecule has 198 valence electrons. The van der Waals surface area contributed by atoms with Gasteiger partial charge in [-0.15, -0.1) is 0 Å². The Labute approximate surface area is 200 Å². The molecular weight excluding hydrogens is 475 g/mol. The maximum Gasteiger partial charge on any atom is 0.337 e. The first-order valence-corrected chi connectivity index (χ1v) is 12.2. The maximum absolute atomic E-state index is 13.4. The van der Waals surface area contributed by atoms with Crippen molar-refractivity contribution in [2.24, 2.45) is 16.7 Å². The third-order valence-electron chi connectivity index (χ3n) is 4.12. The van der Waals surface area contributed by atoms with Crippen LogP contribution in [0, 0.1) is 16.7 Å². The quantitative estimate of drug-likeness (QED) is 0.146. The summed E-state index contributed by atoms with van der Waals surface area (Å²) in [7, 11) is -1.70. The number of methoxy groups -OCH3 is 2. The molecular formula is C21H37O12P. The van der Waals surface area contributed by atoms with Crippen LogP contribution < -0.4 is 0 Å². The fourth-order valence-electron chi connectivity index (χ4n) is 2.08. The van der Waals surface area contributed by atoms with E-state index in [9.17, 15) is 23.7 Å². The molecule has 1 unspecified atom stereocenters. The first-order valence-electron chi connectivity index (χ1n) is 10.5. The zero-order valence-electron chi connectivity index (χ0n) is 21.2. The lowest BCUT2D eigenvalue weighted by molar-refractivity contribution is -0.163. The highest BCUT2D eigenvalue weighted by Crippen LogP contribution is 2.50. The number of esters is 4. The van der Waals surface area contributed by atoms with Crippen LogP contribution in [0.5, 0.6) is 0 Å². The molecule has 0 saturated carbocycles. The Morgan fingerprint density at radius 3 is 1.62 bits per heavy atom. The number of carbonyl (C=O) groups excluding carboxylic acids is 4. The van der Waals surface area contributed by atoms with Crippen molar-refractivity contribution in [2.45, 2.75) is 54.4 Å². The van der Waals surface area contributed by atoms with E-state index in [1.807, 2.05) is 0 Å². The number of hydrogen-bond donors (Lipinski definition) is 0. The van der Waals surface area contributed by atoms with Crippen LogP contribution in [-0.2, 0) is 56.5 Å². The van der Waals surface area contributed by atoms with Crippen molar-refractivity contribution in [1.82, 2.24) is 0 Å². The molecule has 34 heavy (non-hydrogen) atoms. The third-order valence-corrected chi connectivity index (χ3v) is 6.01. The van der Waals surface area contributed by atoms with Gasteiger partial charge in [0.2, 0.25) is 13.6 Å². The lowest BCUT2D eigenvalue weighted by atomic mass is 9.98. The van der Waals surface area contributed by atoms with Gasteiger partial charge in [-0.3, -0.25) is 32.8 Å². The first-order chi connectivity index (χ1) is 15.6. The molecule has 0 aliphatic carbocycles. The largest absolute Gasteiger partial charge is 0.469 e. The standard InChI is InChI=1S/C21H37O12P/c1-20(2,3)18(24)30-13-32-34(26,33-14-31-19(25)21(4,5)6)11-15(9-10-16(22)28-8)17(23)29-12-27-7/h15H,9-14H2,1-8H3. The zero-order valence-corrected chi connectivity index (χ0v) is 22.1. The number of ether oxygens (including phenoxy) is 5. The highest BCUT2D eigenvalue weighted by Gasteiger charge is 2.36. The molecule has 0 radical (unpaired) electrons. The average Bonchev–Trinajstić information content (AvgIpc) is 2.73. The van der Waals surface area contributed by atoms with E-state index in [4.69, 9.17) is 28.0 Å². The van der Waals surface area contributed by atoms with Crippen molar-refractivity contribution in [3.8, 4) is 0 Å². The molecule has 0 spiro atoms. The number of rotatable bonds is 14. The summed E-state index contributed by atoms with van der Waals surface area (Å²) in [5.74, 6) is -3.80. The lowest BCUT2D eigenvalue weighted by Crippen LogP contribution is -2.27. The second-order valence-electron chi connectivity index (χ2n) is 9.33. The van der Waals surface area contributed by atoms with E-state index >= 15 is 0 Å². The predicted molar refractivity (Wildman–Crippen MR) is 118 cm³/mol. The van der Waals surface area contributed by atoms with Crippen molar-refractivity contribution >= 4 is 31.5 Å². The second kappa shape index (κ2) is 14.4. The van der Waals surface area contributed by atoms with Crippen LogP contribution in [0.1, 0.15) is 54.4 Å². The SMILES string of the molecule is COCOC(=O)C(CCC(=O)OC)CP(=O)(OCOC(=O)C(C)(C)C)OCOC(=O)C(C)(C)C. The summed E-state index contributed by atoms with van der Waals surface area (Å²) in [5.41, 5.74) is -1.69. The van der Waals surface area contributed by atoms with Crippen LogP contribution in [0.25, 0.3) is 0 Å². The smallest absolute Gasteiger partial charge is 0.337 e. The van der Waals surface area contributed by atoms with Gasteiger partial charge in [-0.25, -0.2) is 0 Å². The van der Waals surface area contributed by atoms with Gasteiger partial charge in [-0.1, -0.05) is 0 Å². The summed E-state index contributed by atoms with van der Waals surface area (Å²) in [5, 5.41) is 0. The van der Waals surface area contributed by atoms with Gasteiger partial charge in [0, 0.05) is 13.5 Å². The summed E-state index contributed by atoms with van der Waals surface area (Å²) < 4.78 is 48.0. The molecule has 0 N–H and O–H groups in total. The van der Waals surface area contributed by atoms with Crippen molar-refractivity contribution in [2.75, 3.05) is 40.8 Å². The van der Waals surface area contributed by atoms with Crippen LogP contribution in [-0.4, -0.2) is 64.6 Å². The Morgan fingerprint density at radius 2 is 1.24 bits per heavy atom. The Morgan fingerprint density at radius 1 is 0.765 bits per heavy atom. The van der Waals surface area contributed by atoms with Crippen LogP contribution >= 0.6 is 7.60 Å². The van der Waals surface area contributed by atoms with Gasteiger partial charge in [0.25, 0.3) is 0 Å². The molecule has 0 amide bonds. The van der Waals surface area contributed by atoms with E-state index in [0.717, 1.165) is 0 Å². The van der Waals surface area contributed by atoms with Crippen LogP contribution in [0.2, 0.25) is 0 Å². The van der Waals surface area contributed by atoms with Crippen molar-refractivity contribution in [3.63, 3.8) is 0 Å². The molecule has 0 aliphatic rings. The minimum Gasteiger partial charge on any atom is -0.469 e. The van der Waals surface area contributed by atoms with E-state index in [2.05, 4.69) is 4.74 Å². The molecule has 0 fully saturated rings. The molecule has 1 atom stereocenters. The van der Waals surface area contributed by atoms with Gasteiger partial charge in [0.05, 0.1) is 30.0 Å². The van der Waals surface area contributed by atoms with Crippen LogP contribution in [0.4, 0.5) is 0 Å². The van der Waals surface area contributed by atoms with Gasteiger partial charge in [0.1, 0.15) is 0 Å². The topological polar surface area (TPSA) is 150 Å².